The first-order valence-electron chi connectivity index (χ1n) is 27.5. The van der Waals surface area contributed by atoms with Crippen molar-refractivity contribution in [1.82, 2.24) is 52.3 Å². The maximum atomic E-state index is 14.7. The van der Waals surface area contributed by atoms with E-state index in [9.17, 15) is 48.5 Å². The van der Waals surface area contributed by atoms with Crippen LogP contribution in [-0.2, 0) is 41.6 Å². The Morgan fingerprint density at radius 1 is 0.582 bits per heavy atom. The second-order valence-electron chi connectivity index (χ2n) is 23.8. The normalized spacial score (nSPS) is 22.4. The fourth-order valence-electron chi connectivity index (χ4n) is 11.2. The number of nitro benzene ring substituents is 1. The third-order valence-corrected chi connectivity index (χ3v) is 15.9. The number of non-ortho nitro benzene ring substituents is 1. The predicted octanol–water partition coefficient (Wildman–Crippen LogP) is 3.66. The number of fused-ring (bicyclic) bond motifs is 2. The maximum absolute atomic E-state index is 14.7. The van der Waals surface area contributed by atoms with Gasteiger partial charge in [0, 0.05) is 48.4 Å². The van der Waals surface area contributed by atoms with Gasteiger partial charge in [0.2, 0.25) is 35.4 Å². The molecule has 21 heteroatoms. The topological polar surface area (TPSA) is 282 Å². The van der Waals surface area contributed by atoms with Crippen molar-refractivity contribution in [3.8, 4) is 0 Å². The van der Waals surface area contributed by atoms with Gasteiger partial charge < -0.3 is 52.3 Å². The van der Waals surface area contributed by atoms with Crippen LogP contribution in [0.2, 0.25) is 0 Å². The molecule has 2 heterocycles. The van der Waals surface area contributed by atoms with E-state index in [1.807, 2.05) is 48.5 Å². The number of carbonyl (C=O) groups is 8. The lowest BCUT2D eigenvalue weighted by atomic mass is 9.85. The van der Waals surface area contributed by atoms with Crippen LogP contribution in [0.5, 0.6) is 0 Å². The summed E-state index contributed by atoms with van der Waals surface area (Å²) in [7, 11) is 3.24. The Morgan fingerprint density at radius 3 is 1.32 bits per heavy atom. The average molecular weight is 1090 g/mol. The minimum absolute atomic E-state index is 0.0369. The average Bonchev–Trinajstić information content (AvgIpc) is 4.17. The Bertz CT molecular complexity index is 2650. The zero-order chi connectivity index (χ0) is 57.7. The molecule has 2 aliphatic heterocycles. The van der Waals surface area contributed by atoms with Crippen molar-refractivity contribution in [2.75, 3.05) is 27.2 Å². The van der Waals surface area contributed by atoms with E-state index in [4.69, 9.17) is 0 Å². The monoisotopic (exact) mass is 1090 g/mol. The fourth-order valence-corrected chi connectivity index (χ4v) is 11.2. The van der Waals surface area contributed by atoms with Gasteiger partial charge in [-0.25, -0.2) is 0 Å². The summed E-state index contributed by atoms with van der Waals surface area (Å²) < 4.78 is 0. The van der Waals surface area contributed by atoms with Gasteiger partial charge in [0.1, 0.15) is 24.2 Å². The van der Waals surface area contributed by atoms with E-state index in [0.29, 0.717) is 12.8 Å². The Kier molecular flexibility index (Phi) is 18.7. The van der Waals surface area contributed by atoms with Gasteiger partial charge in [-0.1, -0.05) is 90.1 Å². The number of amides is 8. The number of benzene rings is 3. The van der Waals surface area contributed by atoms with Gasteiger partial charge in [0.25, 0.3) is 17.5 Å². The molecule has 0 aromatic heterocycles. The molecule has 3 aromatic rings. The Morgan fingerprint density at radius 2 is 0.962 bits per heavy atom. The number of nitrogens with one attached hydrogen (secondary N) is 8. The largest absolute Gasteiger partial charge is 0.347 e. The first-order chi connectivity index (χ1) is 37.3. The van der Waals surface area contributed by atoms with E-state index in [1.54, 1.807) is 69.5 Å². The summed E-state index contributed by atoms with van der Waals surface area (Å²) in [5.74, 6) is -4.45. The summed E-state index contributed by atoms with van der Waals surface area (Å²) in [5, 5.41) is 36.0. The minimum atomic E-state index is -1.09. The van der Waals surface area contributed by atoms with Crippen LogP contribution >= 0.6 is 0 Å². The molecule has 0 radical (unpaired) electrons. The Balaban J connectivity index is 1.13. The maximum Gasteiger partial charge on any atom is 0.271 e. The summed E-state index contributed by atoms with van der Waals surface area (Å²) in [6, 6.07) is 11.0. The van der Waals surface area contributed by atoms with Crippen LogP contribution in [0.25, 0.3) is 0 Å². The van der Waals surface area contributed by atoms with Crippen LogP contribution in [0.3, 0.4) is 0 Å². The van der Waals surface area contributed by atoms with Gasteiger partial charge in [0.05, 0.1) is 29.1 Å². The van der Waals surface area contributed by atoms with Crippen LogP contribution < -0.4 is 42.5 Å². The molecule has 10 atom stereocenters. The van der Waals surface area contributed by atoms with Crippen molar-refractivity contribution < 1.29 is 43.3 Å². The van der Waals surface area contributed by atoms with Gasteiger partial charge in [-0.05, 0) is 118 Å². The van der Waals surface area contributed by atoms with Crippen LogP contribution in [0.1, 0.15) is 149 Å². The first kappa shape index (κ1) is 59.4. The Hall–Kier alpha value is -7.26. The molecule has 2 fully saturated rings. The summed E-state index contributed by atoms with van der Waals surface area (Å²) in [5.41, 5.74) is 1.48. The fraction of sp³-hybridized carbons (Fsp3) is 0.552. The predicted molar refractivity (Wildman–Crippen MR) is 296 cm³/mol. The van der Waals surface area contributed by atoms with Gasteiger partial charge >= 0.3 is 0 Å². The van der Waals surface area contributed by atoms with E-state index >= 15 is 0 Å². The smallest absolute Gasteiger partial charge is 0.271 e. The molecule has 8 amide bonds. The molecule has 4 aliphatic rings. The Labute approximate surface area is 462 Å². The molecule has 8 N–H and O–H groups in total. The van der Waals surface area contributed by atoms with Gasteiger partial charge in [-0.2, -0.15) is 0 Å². The number of hydrogen-bond acceptors (Lipinski definition) is 12. The number of carbonyl (C=O) groups excluding carboxylic acids is 8. The highest BCUT2D eigenvalue weighted by molar-refractivity contribution is 6.02. The zero-order valence-corrected chi connectivity index (χ0v) is 47.1. The molecule has 7 rings (SSSR count). The van der Waals surface area contributed by atoms with Gasteiger partial charge in [-0.3, -0.25) is 48.5 Å². The summed E-state index contributed by atoms with van der Waals surface area (Å²) in [6.45, 7) is 13.8. The quantitative estimate of drug-likeness (QED) is 0.0711. The van der Waals surface area contributed by atoms with E-state index in [-0.39, 0.29) is 49.1 Å². The van der Waals surface area contributed by atoms with E-state index in [2.05, 4.69) is 42.5 Å². The molecule has 21 nitrogen and oxygen atoms in total. The van der Waals surface area contributed by atoms with Gasteiger partial charge in [-0.15, -0.1) is 0 Å². The summed E-state index contributed by atoms with van der Waals surface area (Å²) in [6.07, 6.45) is 4.66. The number of likely N-dealkylation sites (N-methyl/N-ethyl adjacent to an activating group) is 2. The van der Waals surface area contributed by atoms with E-state index < -0.39 is 117 Å². The highest BCUT2D eigenvalue weighted by Crippen LogP contribution is 2.34. The second-order valence-corrected chi connectivity index (χ2v) is 23.8. The number of aryl methyl sites for hydroxylation is 2. The highest BCUT2D eigenvalue weighted by atomic mass is 16.6. The molecule has 0 unspecified atom stereocenters. The van der Waals surface area contributed by atoms with Crippen LogP contribution in [-0.4, -0.2) is 138 Å². The lowest BCUT2D eigenvalue weighted by molar-refractivity contribution is -0.384. The number of likely N-dealkylation sites (tertiary alicyclic amines) is 2. The van der Waals surface area contributed by atoms with Crippen molar-refractivity contribution in [3.05, 3.63) is 110 Å². The lowest BCUT2D eigenvalue weighted by Crippen LogP contribution is -2.59. The minimum Gasteiger partial charge on any atom is -0.347 e. The van der Waals surface area contributed by atoms with Gasteiger partial charge in [0.15, 0.2) is 0 Å². The van der Waals surface area contributed by atoms with Crippen molar-refractivity contribution in [1.29, 1.82) is 0 Å². The van der Waals surface area contributed by atoms with Crippen molar-refractivity contribution >= 4 is 52.9 Å². The molecule has 2 saturated heterocycles. The molecule has 426 valence electrons. The van der Waals surface area contributed by atoms with Crippen LogP contribution in [0, 0.1) is 20.9 Å². The molecule has 0 saturated carbocycles. The van der Waals surface area contributed by atoms with E-state index in [0.717, 1.165) is 60.1 Å². The third-order valence-electron chi connectivity index (χ3n) is 15.9. The molecule has 79 heavy (non-hydrogen) atoms. The number of nitro groups is 1. The first-order valence-corrected chi connectivity index (χ1v) is 27.5. The van der Waals surface area contributed by atoms with Crippen molar-refractivity contribution in [2.24, 2.45) is 10.8 Å². The van der Waals surface area contributed by atoms with Crippen molar-refractivity contribution in [3.63, 3.8) is 0 Å². The zero-order valence-electron chi connectivity index (χ0n) is 47.1. The standard InChI is InChI=1S/C58H79N11O10/c1-32(59-9)49(70)65-47(57(3,4)5)55(76)67-30-38(28-45(67)53(74)63-43-23-15-19-34-17-11-13-21-41(34)43)61-51(72)36-25-37(27-40(26-36)69(78)79)52(73)62-39-29-46(54(75)64-44-24-16-20-35-18-12-14-22-42(35)44)68(31-39)56(77)48(58(6,7)8)66-50(71)33(2)60-10/h11-14,17-18,21-22,25-27,32-33,38-39,43-48,59-60H,15-16,19-20,23-24,28-31H2,1-10H3,(H,61,72)(H,62,73)(H,63,74)(H,64,75)(H,65,70)(H,66,71)/t32-,33-,38+,39+,43-,44-,45+,46+,47+,48+/m1/s1. The number of nitrogens with zero attached hydrogens (tertiary/aromatic N) is 3. The molecule has 0 bridgehead atoms. The van der Waals surface area contributed by atoms with Crippen LogP contribution in [0.4, 0.5) is 5.69 Å². The van der Waals surface area contributed by atoms with E-state index in [1.165, 1.54) is 15.9 Å². The highest BCUT2D eigenvalue weighted by Gasteiger charge is 2.48. The van der Waals surface area contributed by atoms with Crippen LogP contribution in [0.15, 0.2) is 66.7 Å². The number of rotatable bonds is 17. The second kappa shape index (κ2) is 24.8. The lowest BCUT2D eigenvalue weighted by Gasteiger charge is -2.36. The molecule has 2 aliphatic carbocycles. The SMILES string of the molecule is CN[C@H](C)C(=O)N[C@@H](C(=O)N1C[C@@H](NC(=O)c2cc(C(=O)N[C@H]3C[C@@H](C(=O)N[C@@H]4CCCc5ccccc54)N(C(=O)[C@H](NC(=O)[C@@H](C)NC)C(C)(C)C)C3)cc([N+](=O)[O-])c2)C[C@H]1C(=O)N[C@@H]1CCCc2ccccc21)C(C)(C)C. The summed E-state index contributed by atoms with van der Waals surface area (Å²) in [4.78, 5) is 128. The molecular weight excluding hydrogens is 1010 g/mol. The molecule has 0 spiro atoms. The van der Waals surface area contributed by atoms with Crippen molar-refractivity contribution in [2.45, 2.75) is 167 Å². The molecular formula is C58H79N11O10. The summed E-state index contributed by atoms with van der Waals surface area (Å²) >= 11 is 0. The number of hydrogen-bond donors (Lipinski definition) is 8. The molecule has 3 aromatic carbocycles. The third kappa shape index (κ3) is 14.0.